The van der Waals surface area contributed by atoms with Crippen molar-refractivity contribution >= 4 is 52.3 Å². The summed E-state index contributed by atoms with van der Waals surface area (Å²) in [4.78, 5) is 12.1. The summed E-state index contributed by atoms with van der Waals surface area (Å²) >= 11 is 13.3. The minimum atomic E-state index is -0.335. The van der Waals surface area contributed by atoms with E-state index < -0.39 is 0 Å². The molecule has 0 bridgehead atoms. The summed E-state index contributed by atoms with van der Waals surface area (Å²) in [7, 11) is 0. The zero-order valence-corrected chi connectivity index (χ0v) is 15.1. The quantitative estimate of drug-likeness (QED) is 0.611. The molecule has 0 radical (unpaired) electrons. The zero-order chi connectivity index (χ0) is 17.8. The first-order valence-corrected chi connectivity index (χ1v) is 8.97. The first kappa shape index (κ1) is 17.8. The van der Waals surface area contributed by atoms with Crippen molar-refractivity contribution in [1.82, 2.24) is 5.32 Å². The number of halogens is 2. The molecule has 1 heterocycles. The standard InChI is InChI=1S/C17H13Cl2N3O2S/c18-12-6-5-10(13(19)8-12)7-15-16(24)21-17(25-15)22-20-9-11-3-1-2-4-14(11)23/h1-6,8-9,15,23H,7H2,(H,21,22,24). The molecule has 1 amide bonds. The molecule has 0 saturated carbocycles. The number of benzene rings is 2. The van der Waals surface area contributed by atoms with Crippen molar-refractivity contribution in [3.05, 3.63) is 63.6 Å². The molecule has 0 aromatic heterocycles. The number of para-hydroxylation sites is 1. The van der Waals surface area contributed by atoms with Gasteiger partial charge < -0.3 is 10.4 Å². The van der Waals surface area contributed by atoms with E-state index in [0.717, 1.165) is 5.56 Å². The molecule has 1 saturated heterocycles. The molecule has 5 nitrogen and oxygen atoms in total. The van der Waals surface area contributed by atoms with Gasteiger partial charge in [0.2, 0.25) is 5.91 Å². The van der Waals surface area contributed by atoms with Crippen LogP contribution < -0.4 is 5.32 Å². The van der Waals surface area contributed by atoms with Crippen LogP contribution in [0.5, 0.6) is 5.75 Å². The number of phenols is 1. The van der Waals surface area contributed by atoms with Crippen molar-refractivity contribution < 1.29 is 9.90 Å². The Morgan fingerprint density at radius 1 is 1.24 bits per heavy atom. The van der Waals surface area contributed by atoms with Crippen LogP contribution in [0.15, 0.2) is 52.7 Å². The third-order valence-corrected chi connectivity index (χ3v) is 5.14. The third kappa shape index (κ3) is 4.54. The topological polar surface area (TPSA) is 74.0 Å². The number of nitrogens with zero attached hydrogens (tertiary/aromatic N) is 2. The number of carbonyl (C=O) groups excluding carboxylic acids is 1. The first-order valence-electron chi connectivity index (χ1n) is 7.33. The van der Waals surface area contributed by atoms with Crippen LogP contribution in [0, 0.1) is 0 Å². The number of amidine groups is 1. The number of amides is 1. The summed E-state index contributed by atoms with van der Waals surface area (Å²) in [6.45, 7) is 0. The maximum Gasteiger partial charge on any atom is 0.239 e. The van der Waals surface area contributed by atoms with E-state index in [1.165, 1.54) is 18.0 Å². The Labute approximate surface area is 158 Å². The van der Waals surface area contributed by atoms with Crippen LogP contribution in [-0.2, 0) is 11.2 Å². The van der Waals surface area contributed by atoms with E-state index in [9.17, 15) is 9.90 Å². The van der Waals surface area contributed by atoms with Crippen LogP contribution in [0.1, 0.15) is 11.1 Å². The van der Waals surface area contributed by atoms with Crippen molar-refractivity contribution in [2.45, 2.75) is 11.7 Å². The fourth-order valence-corrected chi connectivity index (χ4v) is 3.65. The Kier molecular flexibility index (Phi) is 5.63. The summed E-state index contributed by atoms with van der Waals surface area (Å²) in [5.74, 6) is -0.0302. The molecule has 128 valence electrons. The highest BCUT2D eigenvalue weighted by Crippen LogP contribution is 2.28. The highest BCUT2D eigenvalue weighted by molar-refractivity contribution is 8.15. The van der Waals surface area contributed by atoms with E-state index in [-0.39, 0.29) is 16.9 Å². The molecule has 2 aromatic carbocycles. The molecule has 2 aromatic rings. The van der Waals surface area contributed by atoms with Crippen LogP contribution in [0.4, 0.5) is 0 Å². The summed E-state index contributed by atoms with van der Waals surface area (Å²) < 4.78 is 0. The van der Waals surface area contributed by atoms with Crippen LogP contribution in [0.25, 0.3) is 0 Å². The Balaban J connectivity index is 1.66. The number of rotatable bonds is 4. The van der Waals surface area contributed by atoms with Gasteiger partial charge in [-0.2, -0.15) is 5.10 Å². The molecule has 1 aliphatic heterocycles. The molecule has 1 fully saturated rings. The second-order valence-electron chi connectivity index (χ2n) is 5.24. The van der Waals surface area contributed by atoms with E-state index >= 15 is 0 Å². The van der Waals surface area contributed by atoms with Crippen LogP contribution >= 0.6 is 35.0 Å². The molecular formula is C17H13Cl2N3O2S. The Morgan fingerprint density at radius 2 is 2.04 bits per heavy atom. The van der Waals surface area contributed by atoms with Gasteiger partial charge in [0, 0.05) is 15.6 Å². The van der Waals surface area contributed by atoms with Crippen molar-refractivity contribution in [1.29, 1.82) is 0 Å². The second kappa shape index (κ2) is 7.91. The molecule has 8 heteroatoms. The summed E-state index contributed by atoms with van der Waals surface area (Å²) in [5, 5.41) is 21.4. The fraction of sp³-hybridized carbons (Fsp3) is 0.118. The molecule has 0 spiro atoms. The van der Waals surface area contributed by atoms with Gasteiger partial charge in [-0.25, -0.2) is 0 Å². The number of aromatic hydroxyl groups is 1. The predicted molar refractivity (Wildman–Crippen MR) is 103 cm³/mol. The normalized spacial score (nSPS) is 18.9. The summed E-state index contributed by atoms with van der Waals surface area (Å²) in [6.07, 6.45) is 1.90. The third-order valence-electron chi connectivity index (χ3n) is 3.48. The number of phenolic OH excluding ortho intramolecular Hbond substituents is 1. The Morgan fingerprint density at radius 3 is 2.80 bits per heavy atom. The number of nitrogens with one attached hydrogen (secondary N) is 1. The van der Waals surface area contributed by atoms with E-state index in [2.05, 4.69) is 15.5 Å². The minimum absolute atomic E-state index is 0.116. The van der Waals surface area contributed by atoms with Gasteiger partial charge in [0.25, 0.3) is 0 Å². The number of hydrogen-bond donors (Lipinski definition) is 2. The van der Waals surface area contributed by atoms with Gasteiger partial charge in [-0.15, -0.1) is 5.10 Å². The van der Waals surface area contributed by atoms with Crippen molar-refractivity contribution in [2.75, 3.05) is 0 Å². The molecule has 0 aliphatic carbocycles. The van der Waals surface area contributed by atoms with Gasteiger partial charge in [0.05, 0.1) is 11.5 Å². The first-order chi connectivity index (χ1) is 12.0. The maximum absolute atomic E-state index is 12.1. The van der Waals surface area contributed by atoms with Crippen molar-refractivity contribution in [3.63, 3.8) is 0 Å². The Hall–Kier alpha value is -2.02. The fourth-order valence-electron chi connectivity index (χ4n) is 2.21. The van der Waals surface area contributed by atoms with Crippen LogP contribution in [0.2, 0.25) is 10.0 Å². The Bertz CT molecular complexity index is 871. The van der Waals surface area contributed by atoms with Gasteiger partial charge in [-0.05, 0) is 36.2 Å². The van der Waals surface area contributed by atoms with Crippen LogP contribution in [0.3, 0.4) is 0 Å². The van der Waals surface area contributed by atoms with Gasteiger partial charge in [0.15, 0.2) is 5.17 Å². The van der Waals surface area contributed by atoms with Gasteiger partial charge >= 0.3 is 0 Å². The average Bonchev–Trinajstić information content (AvgIpc) is 2.92. The molecule has 1 unspecified atom stereocenters. The lowest BCUT2D eigenvalue weighted by molar-refractivity contribution is -0.118. The highest BCUT2D eigenvalue weighted by atomic mass is 35.5. The number of carbonyl (C=O) groups is 1. The predicted octanol–water partition coefficient (Wildman–Crippen LogP) is 3.86. The highest BCUT2D eigenvalue weighted by Gasteiger charge is 2.30. The molecule has 2 N–H and O–H groups in total. The lowest BCUT2D eigenvalue weighted by Gasteiger charge is -2.07. The maximum atomic E-state index is 12.1. The number of thioether (sulfide) groups is 1. The summed E-state index contributed by atoms with van der Waals surface area (Å²) in [6, 6.07) is 12.0. The van der Waals surface area contributed by atoms with Gasteiger partial charge in [0.1, 0.15) is 5.75 Å². The largest absolute Gasteiger partial charge is 0.507 e. The van der Waals surface area contributed by atoms with Gasteiger partial charge in [-0.1, -0.05) is 53.2 Å². The van der Waals surface area contributed by atoms with E-state index in [1.54, 1.807) is 36.4 Å². The summed E-state index contributed by atoms with van der Waals surface area (Å²) in [5.41, 5.74) is 1.39. The van der Waals surface area contributed by atoms with Crippen molar-refractivity contribution in [2.24, 2.45) is 10.2 Å². The molecule has 1 aliphatic rings. The van der Waals surface area contributed by atoms with E-state index in [1.807, 2.05) is 6.07 Å². The lowest BCUT2D eigenvalue weighted by atomic mass is 10.1. The van der Waals surface area contributed by atoms with Crippen LogP contribution in [-0.4, -0.2) is 27.6 Å². The molecule has 25 heavy (non-hydrogen) atoms. The minimum Gasteiger partial charge on any atom is -0.507 e. The van der Waals surface area contributed by atoms with Crippen molar-refractivity contribution in [3.8, 4) is 5.75 Å². The van der Waals surface area contributed by atoms with E-state index in [4.69, 9.17) is 23.2 Å². The van der Waals surface area contributed by atoms with E-state index in [0.29, 0.717) is 27.2 Å². The lowest BCUT2D eigenvalue weighted by Crippen LogP contribution is -2.26. The monoisotopic (exact) mass is 393 g/mol. The molecule has 3 rings (SSSR count). The second-order valence-corrected chi connectivity index (χ2v) is 7.28. The molecular weight excluding hydrogens is 381 g/mol. The number of hydrogen-bond acceptors (Lipinski definition) is 5. The average molecular weight is 394 g/mol. The SMILES string of the molecule is O=C1N/C(=N\N=Cc2ccccc2O)SC1Cc1ccc(Cl)cc1Cl. The smallest absolute Gasteiger partial charge is 0.239 e. The molecule has 1 atom stereocenters. The zero-order valence-electron chi connectivity index (χ0n) is 12.8. The van der Waals surface area contributed by atoms with Gasteiger partial charge in [-0.3, -0.25) is 4.79 Å².